The number of rotatable bonds is 11. The third-order valence-electron chi connectivity index (χ3n) is 2.78. The second-order valence-electron chi connectivity index (χ2n) is 4.64. The summed E-state index contributed by atoms with van der Waals surface area (Å²) in [5, 5.41) is 3.38. The van der Waals surface area contributed by atoms with Crippen LogP contribution in [0.25, 0.3) is 0 Å². The molecule has 1 N–H and O–H groups in total. The lowest BCUT2D eigenvalue weighted by molar-refractivity contribution is 0.0348. The van der Waals surface area contributed by atoms with Gasteiger partial charge in [-0.25, -0.2) is 0 Å². The minimum absolute atomic E-state index is 0.518. The molecule has 0 radical (unpaired) electrons. The van der Waals surface area contributed by atoms with E-state index in [0.717, 1.165) is 44.1 Å². The average Bonchev–Trinajstić information content (AvgIpc) is 2.75. The van der Waals surface area contributed by atoms with E-state index in [1.165, 1.54) is 5.56 Å². The van der Waals surface area contributed by atoms with Crippen molar-refractivity contribution in [1.29, 1.82) is 0 Å². The molecule has 1 aromatic rings. The first kappa shape index (κ1) is 16.2. The van der Waals surface area contributed by atoms with E-state index in [4.69, 9.17) is 13.9 Å². The zero-order chi connectivity index (χ0) is 13.9. The van der Waals surface area contributed by atoms with Gasteiger partial charge in [0.25, 0.3) is 0 Å². The van der Waals surface area contributed by atoms with Crippen molar-refractivity contribution in [3.63, 3.8) is 0 Å². The molecule has 0 spiro atoms. The summed E-state index contributed by atoms with van der Waals surface area (Å²) in [5.74, 6) is 1.87. The summed E-state index contributed by atoms with van der Waals surface area (Å²) < 4.78 is 16.5. The maximum atomic E-state index is 5.67. The largest absolute Gasteiger partial charge is 0.464 e. The maximum absolute atomic E-state index is 5.67. The van der Waals surface area contributed by atoms with Gasteiger partial charge in [-0.1, -0.05) is 13.8 Å². The van der Waals surface area contributed by atoms with E-state index in [1.807, 2.05) is 6.92 Å². The Labute approximate surface area is 116 Å². The van der Waals surface area contributed by atoms with E-state index in [1.54, 1.807) is 0 Å². The summed E-state index contributed by atoms with van der Waals surface area (Å²) in [5.41, 5.74) is 1.22. The third-order valence-corrected chi connectivity index (χ3v) is 2.78. The molecule has 0 bridgehead atoms. The fourth-order valence-electron chi connectivity index (χ4n) is 1.77. The van der Waals surface area contributed by atoms with E-state index in [0.29, 0.717) is 19.8 Å². The SMILES string of the molecule is CCCNCc1cc(COCCOCCC)oc1C. The van der Waals surface area contributed by atoms with Gasteiger partial charge in [0.1, 0.15) is 18.1 Å². The highest BCUT2D eigenvalue weighted by molar-refractivity contribution is 5.20. The fraction of sp³-hybridized carbons (Fsp3) is 0.733. The normalized spacial score (nSPS) is 11.1. The Hall–Kier alpha value is -0.840. The van der Waals surface area contributed by atoms with Crippen LogP contribution >= 0.6 is 0 Å². The second-order valence-corrected chi connectivity index (χ2v) is 4.64. The van der Waals surface area contributed by atoms with Crippen LogP contribution in [0.5, 0.6) is 0 Å². The second kappa shape index (κ2) is 10.0. The predicted octanol–water partition coefficient (Wildman–Crippen LogP) is 3.03. The Morgan fingerprint density at radius 3 is 2.63 bits per heavy atom. The summed E-state index contributed by atoms with van der Waals surface area (Å²) in [7, 11) is 0. The van der Waals surface area contributed by atoms with E-state index in [9.17, 15) is 0 Å². The van der Waals surface area contributed by atoms with Crippen molar-refractivity contribution >= 4 is 0 Å². The molecule has 0 atom stereocenters. The van der Waals surface area contributed by atoms with Crippen LogP contribution in [0.3, 0.4) is 0 Å². The lowest BCUT2D eigenvalue weighted by Crippen LogP contribution is -2.13. The molecule has 0 fully saturated rings. The summed E-state index contributed by atoms with van der Waals surface area (Å²) in [6.45, 7) is 10.7. The summed E-state index contributed by atoms with van der Waals surface area (Å²) in [6, 6.07) is 2.07. The van der Waals surface area contributed by atoms with E-state index in [2.05, 4.69) is 25.2 Å². The average molecular weight is 269 g/mol. The molecule has 0 aliphatic heterocycles. The maximum Gasteiger partial charge on any atom is 0.130 e. The molecule has 0 aliphatic rings. The summed E-state index contributed by atoms with van der Waals surface area (Å²) in [6.07, 6.45) is 2.19. The van der Waals surface area contributed by atoms with Crippen molar-refractivity contribution in [2.24, 2.45) is 0 Å². The molecule has 0 aliphatic carbocycles. The minimum atomic E-state index is 0.518. The highest BCUT2D eigenvalue weighted by atomic mass is 16.5. The first-order chi connectivity index (χ1) is 9.27. The summed E-state index contributed by atoms with van der Waals surface area (Å²) in [4.78, 5) is 0. The van der Waals surface area contributed by atoms with Gasteiger partial charge < -0.3 is 19.2 Å². The van der Waals surface area contributed by atoms with E-state index >= 15 is 0 Å². The molecule has 1 aromatic heterocycles. The topological polar surface area (TPSA) is 43.6 Å². The Morgan fingerprint density at radius 1 is 1.11 bits per heavy atom. The Morgan fingerprint density at radius 2 is 1.89 bits per heavy atom. The number of ether oxygens (including phenoxy) is 2. The monoisotopic (exact) mass is 269 g/mol. The van der Waals surface area contributed by atoms with Gasteiger partial charge in [-0.15, -0.1) is 0 Å². The van der Waals surface area contributed by atoms with Gasteiger partial charge in [0, 0.05) is 18.7 Å². The lowest BCUT2D eigenvalue weighted by atomic mass is 10.2. The lowest BCUT2D eigenvalue weighted by Gasteiger charge is -2.02. The van der Waals surface area contributed by atoms with E-state index in [-0.39, 0.29) is 0 Å². The smallest absolute Gasteiger partial charge is 0.130 e. The molecule has 0 unspecified atom stereocenters. The molecule has 4 heteroatoms. The first-order valence-electron chi connectivity index (χ1n) is 7.22. The predicted molar refractivity (Wildman–Crippen MR) is 76.2 cm³/mol. The van der Waals surface area contributed by atoms with Gasteiger partial charge in [-0.05, 0) is 32.4 Å². The summed E-state index contributed by atoms with van der Waals surface area (Å²) >= 11 is 0. The minimum Gasteiger partial charge on any atom is -0.464 e. The highest BCUT2D eigenvalue weighted by Gasteiger charge is 2.06. The number of hydrogen-bond acceptors (Lipinski definition) is 4. The number of aryl methyl sites for hydroxylation is 1. The molecular weight excluding hydrogens is 242 g/mol. The zero-order valence-electron chi connectivity index (χ0n) is 12.5. The number of nitrogens with one attached hydrogen (secondary N) is 1. The molecule has 0 saturated carbocycles. The van der Waals surface area contributed by atoms with Gasteiger partial charge in [-0.3, -0.25) is 0 Å². The van der Waals surface area contributed by atoms with Crippen LogP contribution in [-0.2, 0) is 22.6 Å². The van der Waals surface area contributed by atoms with Crippen LogP contribution in [0.4, 0.5) is 0 Å². The number of hydrogen-bond donors (Lipinski definition) is 1. The van der Waals surface area contributed by atoms with Gasteiger partial charge >= 0.3 is 0 Å². The third kappa shape index (κ3) is 6.76. The molecule has 1 heterocycles. The Bertz CT molecular complexity index is 336. The first-order valence-corrected chi connectivity index (χ1v) is 7.22. The fourth-order valence-corrected chi connectivity index (χ4v) is 1.77. The standard InChI is InChI=1S/C15H27NO3/c1-4-6-16-11-14-10-15(19-13(14)3)12-18-9-8-17-7-5-2/h10,16H,4-9,11-12H2,1-3H3. The molecule has 19 heavy (non-hydrogen) atoms. The van der Waals surface area contributed by atoms with Crippen LogP contribution in [0.1, 0.15) is 43.8 Å². The number of furan rings is 1. The van der Waals surface area contributed by atoms with Crippen molar-refractivity contribution < 1.29 is 13.9 Å². The molecule has 0 aromatic carbocycles. The Balaban J connectivity index is 2.21. The Kier molecular flexibility index (Phi) is 8.54. The highest BCUT2D eigenvalue weighted by Crippen LogP contribution is 2.15. The quantitative estimate of drug-likeness (QED) is 0.627. The zero-order valence-corrected chi connectivity index (χ0v) is 12.5. The van der Waals surface area contributed by atoms with Crippen molar-refractivity contribution in [1.82, 2.24) is 5.32 Å². The van der Waals surface area contributed by atoms with Crippen molar-refractivity contribution in [2.75, 3.05) is 26.4 Å². The molecule has 0 amide bonds. The van der Waals surface area contributed by atoms with Crippen LogP contribution in [0.2, 0.25) is 0 Å². The van der Waals surface area contributed by atoms with Crippen molar-refractivity contribution in [3.05, 3.63) is 23.2 Å². The van der Waals surface area contributed by atoms with Crippen molar-refractivity contribution in [3.8, 4) is 0 Å². The van der Waals surface area contributed by atoms with Gasteiger partial charge in [0.15, 0.2) is 0 Å². The molecular formula is C15H27NO3. The molecule has 0 saturated heterocycles. The van der Waals surface area contributed by atoms with Crippen LogP contribution < -0.4 is 5.32 Å². The van der Waals surface area contributed by atoms with Crippen LogP contribution in [0, 0.1) is 6.92 Å². The molecule has 1 rings (SSSR count). The van der Waals surface area contributed by atoms with Crippen molar-refractivity contribution in [2.45, 2.75) is 46.8 Å². The van der Waals surface area contributed by atoms with Gasteiger partial charge in [0.2, 0.25) is 0 Å². The molecule has 110 valence electrons. The molecule has 4 nitrogen and oxygen atoms in total. The van der Waals surface area contributed by atoms with E-state index < -0.39 is 0 Å². The van der Waals surface area contributed by atoms with Crippen LogP contribution in [-0.4, -0.2) is 26.4 Å². The van der Waals surface area contributed by atoms with Gasteiger partial charge in [-0.2, -0.15) is 0 Å². The van der Waals surface area contributed by atoms with Crippen LogP contribution in [0.15, 0.2) is 10.5 Å². The van der Waals surface area contributed by atoms with Gasteiger partial charge in [0.05, 0.1) is 13.2 Å².